The van der Waals surface area contributed by atoms with Gasteiger partial charge in [0.15, 0.2) is 0 Å². The summed E-state index contributed by atoms with van der Waals surface area (Å²) in [5.41, 5.74) is 0. The molecular weight excluding hydrogens is 252 g/mol. The van der Waals surface area contributed by atoms with Gasteiger partial charge in [-0.05, 0) is 21.0 Å². The van der Waals surface area contributed by atoms with Gasteiger partial charge in [-0.3, -0.25) is 9.59 Å². The van der Waals surface area contributed by atoms with Crippen LogP contribution in [0, 0.1) is 0 Å². The van der Waals surface area contributed by atoms with Crippen LogP contribution in [0.5, 0.6) is 0 Å². The van der Waals surface area contributed by atoms with Crippen molar-refractivity contribution in [3.8, 4) is 0 Å². The Bertz CT molecular complexity index is 261. The molecule has 1 rings (SSSR count). The zero-order valence-electron chi connectivity index (χ0n) is 11.9. The van der Waals surface area contributed by atoms with Crippen LogP contribution in [0.25, 0.3) is 0 Å². The predicted octanol–water partition coefficient (Wildman–Crippen LogP) is -0.487. The van der Waals surface area contributed by atoms with Gasteiger partial charge >= 0.3 is 0 Å². The summed E-state index contributed by atoms with van der Waals surface area (Å²) in [7, 11) is 4.00. The van der Waals surface area contributed by atoms with E-state index in [-0.39, 0.29) is 25.0 Å². The normalized spacial score (nSPS) is 18.7. The van der Waals surface area contributed by atoms with E-state index < -0.39 is 0 Å². The molecule has 0 saturated carbocycles. The minimum atomic E-state index is -0.250. The van der Waals surface area contributed by atoms with Gasteiger partial charge < -0.3 is 24.4 Å². The Labute approximate surface area is 114 Å². The quantitative estimate of drug-likeness (QED) is 0.683. The lowest BCUT2D eigenvalue weighted by atomic mass is 10.2. The fourth-order valence-corrected chi connectivity index (χ4v) is 1.83. The van der Waals surface area contributed by atoms with Crippen molar-refractivity contribution in [2.45, 2.75) is 13.0 Å². The number of rotatable bonds is 5. The number of likely N-dealkylation sites (N-methyl/N-ethyl adjacent to an activating group) is 1. The highest BCUT2D eigenvalue weighted by Crippen LogP contribution is 2.08. The van der Waals surface area contributed by atoms with Gasteiger partial charge in [-0.2, -0.15) is 0 Å². The van der Waals surface area contributed by atoms with E-state index in [0.29, 0.717) is 26.4 Å². The number of ether oxygens (including phenoxy) is 2. The van der Waals surface area contributed by atoms with E-state index in [4.69, 9.17) is 19.4 Å². The third kappa shape index (κ3) is 7.76. The van der Waals surface area contributed by atoms with E-state index >= 15 is 0 Å². The molecular formula is C12H24N2O5. The van der Waals surface area contributed by atoms with Crippen LogP contribution in [0.2, 0.25) is 0 Å². The summed E-state index contributed by atoms with van der Waals surface area (Å²) in [6, 6.07) is 0.150. The molecule has 112 valence electrons. The van der Waals surface area contributed by atoms with E-state index in [2.05, 4.69) is 4.90 Å². The van der Waals surface area contributed by atoms with Gasteiger partial charge in [0.25, 0.3) is 6.47 Å². The van der Waals surface area contributed by atoms with Crippen LogP contribution < -0.4 is 0 Å². The van der Waals surface area contributed by atoms with Crippen molar-refractivity contribution in [1.29, 1.82) is 0 Å². The summed E-state index contributed by atoms with van der Waals surface area (Å²) < 4.78 is 10.6. The second-order valence-corrected chi connectivity index (χ2v) is 4.32. The first-order valence-corrected chi connectivity index (χ1v) is 6.24. The molecule has 7 heteroatoms. The van der Waals surface area contributed by atoms with Gasteiger partial charge in [0.1, 0.15) is 6.61 Å². The molecule has 1 aliphatic heterocycles. The summed E-state index contributed by atoms with van der Waals surface area (Å²) in [5.74, 6) is 0.0667. The van der Waals surface area contributed by atoms with Gasteiger partial charge in [0.05, 0.1) is 19.3 Å². The Morgan fingerprint density at radius 3 is 2.74 bits per heavy atom. The van der Waals surface area contributed by atoms with E-state index in [1.165, 1.54) is 0 Å². The maximum Gasteiger partial charge on any atom is 0.290 e. The molecule has 0 aliphatic carbocycles. The molecule has 0 bridgehead atoms. The lowest BCUT2D eigenvalue weighted by molar-refractivity contribution is -0.145. The molecule has 0 spiro atoms. The summed E-state index contributed by atoms with van der Waals surface area (Å²) in [6.45, 7) is 5.15. The van der Waals surface area contributed by atoms with Gasteiger partial charge in [0.2, 0.25) is 5.91 Å². The average molecular weight is 276 g/mol. The molecule has 19 heavy (non-hydrogen) atoms. The molecule has 7 nitrogen and oxygen atoms in total. The second-order valence-electron chi connectivity index (χ2n) is 4.32. The van der Waals surface area contributed by atoms with E-state index in [1.807, 2.05) is 25.9 Å². The molecule has 0 radical (unpaired) electrons. The van der Waals surface area contributed by atoms with Gasteiger partial charge in [-0.1, -0.05) is 0 Å². The number of morpholine rings is 1. The second kappa shape index (κ2) is 10.7. The van der Waals surface area contributed by atoms with Gasteiger partial charge in [-0.15, -0.1) is 0 Å². The fraction of sp³-hybridized carbons (Fsp3) is 0.833. The maximum absolute atomic E-state index is 11.9. The molecule has 0 aromatic heterocycles. The standard InChI is InChI=1S/C11H22N2O3.CH2O2/c1-4-15-9-11(14)13-5-6-16-8-10(13)7-12(2)3;2-1-3/h10H,4-9H2,1-3H3;1H,(H,2,3). The summed E-state index contributed by atoms with van der Waals surface area (Å²) in [6.07, 6.45) is 0. The van der Waals surface area contributed by atoms with Gasteiger partial charge in [-0.25, -0.2) is 0 Å². The van der Waals surface area contributed by atoms with Crippen molar-refractivity contribution in [1.82, 2.24) is 9.80 Å². The highest BCUT2D eigenvalue weighted by Gasteiger charge is 2.27. The van der Waals surface area contributed by atoms with Crippen molar-refractivity contribution < 1.29 is 24.2 Å². The molecule has 1 atom stereocenters. The van der Waals surface area contributed by atoms with Crippen molar-refractivity contribution in [2.75, 3.05) is 53.6 Å². The largest absolute Gasteiger partial charge is 0.483 e. The molecule has 1 fully saturated rings. The van der Waals surface area contributed by atoms with E-state index in [0.717, 1.165) is 6.54 Å². The minimum Gasteiger partial charge on any atom is -0.483 e. The third-order valence-electron chi connectivity index (χ3n) is 2.55. The monoisotopic (exact) mass is 276 g/mol. The van der Waals surface area contributed by atoms with E-state index in [9.17, 15) is 4.79 Å². The van der Waals surface area contributed by atoms with Crippen LogP contribution in [-0.2, 0) is 19.1 Å². The Balaban J connectivity index is 0.000000982. The first-order valence-electron chi connectivity index (χ1n) is 6.24. The Morgan fingerprint density at radius 2 is 2.21 bits per heavy atom. The maximum atomic E-state index is 11.9. The number of nitrogens with zero attached hydrogens (tertiary/aromatic N) is 2. The highest BCUT2D eigenvalue weighted by molar-refractivity contribution is 5.77. The van der Waals surface area contributed by atoms with Crippen LogP contribution in [-0.4, -0.2) is 86.9 Å². The fourth-order valence-electron chi connectivity index (χ4n) is 1.83. The van der Waals surface area contributed by atoms with Crippen molar-refractivity contribution in [3.05, 3.63) is 0 Å². The number of carboxylic acid groups (broad SMARTS) is 1. The molecule has 1 unspecified atom stereocenters. The zero-order valence-corrected chi connectivity index (χ0v) is 11.9. The van der Waals surface area contributed by atoms with Crippen molar-refractivity contribution in [2.24, 2.45) is 0 Å². The van der Waals surface area contributed by atoms with Crippen LogP contribution in [0.1, 0.15) is 6.92 Å². The number of amides is 1. The number of hydrogen-bond acceptors (Lipinski definition) is 5. The summed E-state index contributed by atoms with van der Waals surface area (Å²) in [4.78, 5) is 24.2. The van der Waals surface area contributed by atoms with Gasteiger partial charge in [0, 0.05) is 19.7 Å². The highest BCUT2D eigenvalue weighted by atomic mass is 16.5. The summed E-state index contributed by atoms with van der Waals surface area (Å²) in [5, 5.41) is 6.89. The molecule has 0 aromatic rings. The number of carbonyl (C=O) groups is 2. The van der Waals surface area contributed by atoms with Crippen molar-refractivity contribution >= 4 is 12.4 Å². The zero-order chi connectivity index (χ0) is 14.7. The first kappa shape index (κ1) is 17.8. The SMILES string of the molecule is CCOCC(=O)N1CCOCC1CN(C)C.O=CO. The van der Waals surface area contributed by atoms with E-state index in [1.54, 1.807) is 0 Å². The third-order valence-corrected chi connectivity index (χ3v) is 2.55. The summed E-state index contributed by atoms with van der Waals surface area (Å²) >= 11 is 0. The van der Waals surface area contributed by atoms with Crippen LogP contribution in [0.15, 0.2) is 0 Å². The number of carbonyl (C=O) groups excluding carboxylic acids is 1. The Morgan fingerprint density at radius 1 is 1.58 bits per heavy atom. The molecule has 1 saturated heterocycles. The minimum absolute atomic E-state index is 0.0667. The lowest BCUT2D eigenvalue weighted by Crippen LogP contribution is -2.53. The van der Waals surface area contributed by atoms with Crippen molar-refractivity contribution in [3.63, 3.8) is 0 Å². The van der Waals surface area contributed by atoms with Crippen LogP contribution in [0.3, 0.4) is 0 Å². The Kier molecular flexibility index (Phi) is 10.1. The van der Waals surface area contributed by atoms with Crippen LogP contribution >= 0.6 is 0 Å². The lowest BCUT2D eigenvalue weighted by Gasteiger charge is -2.36. The average Bonchev–Trinajstić information content (AvgIpc) is 2.37. The molecule has 1 N–H and O–H groups in total. The molecule has 0 aromatic carbocycles. The topological polar surface area (TPSA) is 79.3 Å². The van der Waals surface area contributed by atoms with Crippen LogP contribution in [0.4, 0.5) is 0 Å². The predicted molar refractivity (Wildman–Crippen MR) is 70.1 cm³/mol. The molecule has 1 heterocycles. The number of hydrogen-bond donors (Lipinski definition) is 1. The molecule has 1 aliphatic rings. The Hall–Kier alpha value is -1.18. The molecule has 1 amide bonds. The smallest absolute Gasteiger partial charge is 0.290 e. The first-order chi connectivity index (χ1) is 9.06.